The number of hydrogen-bond donors (Lipinski definition) is 1. The molecule has 4 rings (SSSR count). The molecule has 208 valence electrons. The Hall–Kier alpha value is -4.71. The van der Waals surface area contributed by atoms with Gasteiger partial charge in [-0.25, -0.2) is 5.43 Å². The SMILES string of the molecule is COc1ccc(-c2nnc(SCC(=O)N/N=C/c3cc(OC)c(OC)cc3OC)n2-c2ccc(OC)cc2)cc1. The first-order valence-corrected chi connectivity index (χ1v) is 13.0. The van der Waals surface area contributed by atoms with Gasteiger partial charge in [-0.15, -0.1) is 10.2 Å². The lowest BCUT2D eigenvalue weighted by Crippen LogP contribution is -2.20. The number of benzene rings is 3. The fourth-order valence-electron chi connectivity index (χ4n) is 3.74. The van der Waals surface area contributed by atoms with Crippen LogP contribution in [0.4, 0.5) is 0 Å². The number of nitrogens with one attached hydrogen (secondary N) is 1. The van der Waals surface area contributed by atoms with Crippen LogP contribution in [0.2, 0.25) is 0 Å². The summed E-state index contributed by atoms with van der Waals surface area (Å²) in [6.07, 6.45) is 1.48. The monoisotopic (exact) mass is 563 g/mol. The number of amides is 1. The number of methoxy groups -OCH3 is 5. The molecule has 0 aliphatic carbocycles. The van der Waals surface area contributed by atoms with Crippen molar-refractivity contribution in [2.75, 3.05) is 41.3 Å². The van der Waals surface area contributed by atoms with E-state index >= 15 is 0 Å². The Bertz CT molecular complexity index is 1470. The molecule has 0 bridgehead atoms. The van der Waals surface area contributed by atoms with Crippen molar-refractivity contribution in [2.45, 2.75) is 5.16 Å². The standard InChI is InChI=1S/C28H29N5O6S/c1-35-21-10-6-18(7-11-21)27-31-32-28(33(27)20-8-12-22(36-2)13-9-20)40-17-26(34)30-29-16-19-14-24(38-4)25(39-5)15-23(19)37-3/h6-16H,17H2,1-5H3,(H,30,34)/b29-16+. The van der Waals surface area contributed by atoms with Gasteiger partial charge in [-0.05, 0) is 54.6 Å². The lowest BCUT2D eigenvalue weighted by molar-refractivity contribution is -0.118. The highest BCUT2D eigenvalue weighted by Gasteiger charge is 2.18. The molecule has 0 aliphatic heterocycles. The minimum atomic E-state index is -0.323. The van der Waals surface area contributed by atoms with Crippen LogP contribution in [0.1, 0.15) is 5.56 Å². The Kier molecular flexibility index (Phi) is 9.47. The average molecular weight is 564 g/mol. The molecule has 1 N–H and O–H groups in total. The van der Waals surface area contributed by atoms with E-state index in [1.165, 1.54) is 32.2 Å². The van der Waals surface area contributed by atoms with Crippen LogP contribution in [0, 0.1) is 0 Å². The van der Waals surface area contributed by atoms with Crippen LogP contribution < -0.4 is 29.1 Å². The third-order valence-corrected chi connectivity index (χ3v) is 6.70. The van der Waals surface area contributed by atoms with Gasteiger partial charge in [-0.2, -0.15) is 5.10 Å². The highest BCUT2D eigenvalue weighted by atomic mass is 32.2. The molecule has 3 aromatic carbocycles. The predicted molar refractivity (Wildman–Crippen MR) is 152 cm³/mol. The van der Waals surface area contributed by atoms with Crippen molar-refractivity contribution < 1.29 is 28.5 Å². The summed E-state index contributed by atoms with van der Waals surface area (Å²) in [6.45, 7) is 0. The molecule has 0 spiro atoms. The summed E-state index contributed by atoms with van der Waals surface area (Å²) < 4.78 is 28.5. The Morgan fingerprint density at radius 3 is 2.02 bits per heavy atom. The van der Waals surface area contributed by atoms with E-state index in [-0.39, 0.29) is 11.7 Å². The molecule has 1 aromatic heterocycles. The fraction of sp³-hybridized carbons (Fsp3) is 0.214. The molecule has 12 heteroatoms. The normalized spacial score (nSPS) is 10.8. The largest absolute Gasteiger partial charge is 0.497 e. The molecule has 0 atom stereocenters. The van der Waals surface area contributed by atoms with Crippen LogP contribution >= 0.6 is 11.8 Å². The third kappa shape index (κ3) is 6.46. The van der Waals surface area contributed by atoms with Crippen molar-refractivity contribution in [3.63, 3.8) is 0 Å². The molecule has 0 aliphatic rings. The van der Waals surface area contributed by atoms with E-state index in [2.05, 4.69) is 20.7 Å². The molecule has 4 aromatic rings. The van der Waals surface area contributed by atoms with Gasteiger partial charge in [-0.3, -0.25) is 9.36 Å². The first-order valence-electron chi connectivity index (χ1n) is 12.0. The zero-order chi connectivity index (χ0) is 28.5. The number of carbonyl (C=O) groups is 1. The zero-order valence-corrected chi connectivity index (χ0v) is 23.5. The Balaban J connectivity index is 1.52. The van der Waals surface area contributed by atoms with Gasteiger partial charge in [0.15, 0.2) is 22.5 Å². The maximum atomic E-state index is 12.7. The molecule has 0 radical (unpaired) electrons. The maximum Gasteiger partial charge on any atom is 0.250 e. The number of hydrazone groups is 1. The van der Waals surface area contributed by atoms with Crippen molar-refractivity contribution in [1.29, 1.82) is 0 Å². The van der Waals surface area contributed by atoms with E-state index < -0.39 is 0 Å². The van der Waals surface area contributed by atoms with E-state index in [0.717, 1.165) is 22.7 Å². The molecule has 40 heavy (non-hydrogen) atoms. The first-order chi connectivity index (χ1) is 19.5. The molecule has 0 saturated carbocycles. The molecular formula is C28H29N5O6S. The van der Waals surface area contributed by atoms with Gasteiger partial charge in [0.2, 0.25) is 0 Å². The van der Waals surface area contributed by atoms with Crippen LogP contribution in [0.3, 0.4) is 0 Å². The third-order valence-electron chi connectivity index (χ3n) is 5.77. The molecule has 0 fully saturated rings. The topological polar surface area (TPSA) is 118 Å². The van der Waals surface area contributed by atoms with Crippen molar-refractivity contribution in [3.05, 3.63) is 66.2 Å². The van der Waals surface area contributed by atoms with Crippen molar-refractivity contribution in [1.82, 2.24) is 20.2 Å². The van der Waals surface area contributed by atoms with E-state index in [9.17, 15) is 4.79 Å². The molecule has 0 unspecified atom stereocenters. The fourth-order valence-corrected chi connectivity index (χ4v) is 4.49. The highest BCUT2D eigenvalue weighted by molar-refractivity contribution is 7.99. The highest BCUT2D eigenvalue weighted by Crippen LogP contribution is 2.34. The lowest BCUT2D eigenvalue weighted by atomic mass is 10.2. The van der Waals surface area contributed by atoms with Gasteiger partial charge < -0.3 is 23.7 Å². The molecular weight excluding hydrogens is 534 g/mol. The quantitative estimate of drug-likeness (QED) is 0.154. The summed E-state index contributed by atoms with van der Waals surface area (Å²) in [5.41, 5.74) is 4.81. The molecule has 11 nitrogen and oxygen atoms in total. The second-order valence-electron chi connectivity index (χ2n) is 8.10. The van der Waals surface area contributed by atoms with E-state index in [0.29, 0.717) is 33.8 Å². The summed E-state index contributed by atoms with van der Waals surface area (Å²) in [4.78, 5) is 12.7. The second-order valence-corrected chi connectivity index (χ2v) is 9.04. The Labute approximate surface area is 236 Å². The summed E-state index contributed by atoms with van der Waals surface area (Å²) in [6, 6.07) is 18.4. The van der Waals surface area contributed by atoms with E-state index in [1.54, 1.807) is 33.5 Å². The molecule has 0 saturated heterocycles. The number of carbonyl (C=O) groups excluding carboxylic acids is 1. The van der Waals surface area contributed by atoms with Gasteiger partial charge in [0, 0.05) is 22.9 Å². The molecule has 1 amide bonds. The van der Waals surface area contributed by atoms with Crippen molar-refractivity contribution >= 4 is 23.9 Å². The lowest BCUT2D eigenvalue weighted by Gasteiger charge is -2.12. The van der Waals surface area contributed by atoms with Crippen LogP contribution in [-0.4, -0.2) is 68.2 Å². The van der Waals surface area contributed by atoms with Gasteiger partial charge in [0.25, 0.3) is 5.91 Å². The van der Waals surface area contributed by atoms with Gasteiger partial charge in [-0.1, -0.05) is 11.8 Å². The minimum absolute atomic E-state index is 0.0529. The average Bonchev–Trinajstić information content (AvgIpc) is 3.43. The van der Waals surface area contributed by atoms with Crippen LogP contribution in [0.5, 0.6) is 28.7 Å². The smallest absolute Gasteiger partial charge is 0.250 e. The summed E-state index contributed by atoms with van der Waals surface area (Å²) >= 11 is 1.23. The minimum Gasteiger partial charge on any atom is -0.497 e. The number of hydrogen-bond acceptors (Lipinski definition) is 10. The number of aromatic nitrogens is 3. The second kappa shape index (κ2) is 13.4. The number of ether oxygens (including phenoxy) is 5. The Morgan fingerprint density at radius 2 is 1.43 bits per heavy atom. The summed E-state index contributed by atoms with van der Waals surface area (Å²) in [5.74, 6) is 3.35. The van der Waals surface area contributed by atoms with E-state index in [1.807, 2.05) is 53.1 Å². The Morgan fingerprint density at radius 1 is 0.825 bits per heavy atom. The van der Waals surface area contributed by atoms with Crippen molar-refractivity contribution in [3.8, 4) is 45.8 Å². The van der Waals surface area contributed by atoms with Crippen LogP contribution in [0.15, 0.2) is 70.9 Å². The maximum absolute atomic E-state index is 12.7. The van der Waals surface area contributed by atoms with E-state index in [4.69, 9.17) is 23.7 Å². The predicted octanol–water partition coefficient (Wildman–Crippen LogP) is 4.22. The number of nitrogens with zero attached hydrogens (tertiary/aromatic N) is 4. The van der Waals surface area contributed by atoms with Gasteiger partial charge in [0.1, 0.15) is 17.2 Å². The van der Waals surface area contributed by atoms with Gasteiger partial charge >= 0.3 is 0 Å². The van der Waals surface area contributed by atoms with Crippen molar-refractivity contribution in [2.24, 2.45) is 5.10 Å². The first kappa shape index (κ1) is 28.3. The zero-order valence-electron chi connectivity index (χ0n) is 22.7. The number of rotatable bonds is 12. The van der Waals surface area contributed by atoms with Gasteiger partial charge in [0.05, 0.1) is 47.5 Å². The summed E-state index contributed by atoms with van der Waals surface area (Å²) in [7, 11) is 7.84. The van der Waals surface area contributed by atoms with Crippen LogP contribution in [-0.2, 0) is 4.79 Å². The van der Waals surface area contributed by atoms with Crippen LogP contribution in [0.25, 0.3) is 17.1 Å². The number of thioether (sulfide) groups is 1. The summed E-state index contributed by atoms with van der Waals surface area (Å²) in [5, 5.41) is 13.4. The molecule has 1 heterocycles.